The van der Waals surface area contributed by atoms with E-state index in [4.69, 9.17) is 40.1 Å². The Hall–Kier alpha value is -1.99. The molecule has 2 rings (SSSR count). The highest BCUT2D eigenvalue weighted by Crippen LogP contribution is 2.23. The van der Waals surface area contributed by atoms with Crippen molar-refractivity contribution in [1.82, 2.24) is 0 Å². The van der Waals surface area contributed by atoms with Crippen LogP contribution in [0.1, 0.15) is 5.56 Å². The van der Waals surface area contributed by atoms with Crippen molar-refractivity contribution < 1.29 is 4.79 Å². The lowest BCUT2D eigenvalue weighted by Crippen LogP contribution is -2.13. The summed E-state index contributed by atoms with van der Waals surface area (Å²) < 4.78 is 0. The van der Waals surface area contributed by atoms with Crippen molar-refractivity contribution in [2.75, 3.05) is 5.32 Å². The van der Waals surface area contributed by atoms with Crippen molar-refractivity contribution in [2.45, 2.75) is 0 Å². The fourth-order valence-corrected chi connectivity index (χ4v) is 2.24. The molecule has 0 aliphatic rings. The second-order valence-electron chi connectivity index (χ2n) is 4.30. The minimum absolute atomic E-state index is 0.0702. The lowest BCUT2D eigenvalue weighted by atomic mass is 10.1. The molecule has 0 unspecified atom stereocenters. The maximum atomic E-state index is 12.1. The molecule has 0 aromatic heterocycles. The van der Waals surface area contributed by atoms with E-state index in [1.165, 1.54) is 6.08 Å². The molecule has 0 fully saturated rings. The predicted octanol–water partition coefficient (Wildman–Crippen LogP) is 5.19. The summed E-state index contributed by atoms with van der Waals surface area (Å²) >= 11 is 17.6. The number of amides is 1. The summed E-state index contributed by atoms with van der Waals surface area (Å²) in [7, 11) is 0. The van der Waals surface area contributed by atoms with E-state index in [2.05, 4.69) is 5.32 Å². The molecule has 1 N–H and O–H groups in total. The Morgan fingerprint density at radius 1 is 1.05 bits per heavy atom. The summed E-state index contributed by atoms with van der Waals surface area (Å²) in [6.07, 6.45) is 1.41. The predicted molar refractivity (Wildman–Crippen MR) is 90.1 cm³/mol. The van der Waals surface area contributed by atoms with Crippen molar-refractivity contribution in [3.05, 3.63) is 68.7 Å². The number of nitrogens with zero attached hydrogens (tertiary/aromatic N) is 1. The molecular weight excluding hydrogens is 343 g/mol. The molecule has 1 amide bonds. The van der Waals surface area contributed by atoms with Crippen molar-refractivity contribution in [1.29, 1.82) is 5.26 Å². The minimum atomic E-state index is -0.532. The number of rotatable bonds is 3. The molecular formula is C16H9Cl3N2O. The molecule has 6 heteroatoms. The molecule has 110 valence electrons. The van der Waals surface area contributed by atoms with E-state index in [-0.39, 0.29) is 5.57 Å². The maximum Gasteiger partial charge on any atom is 0.266 e. The molecule has 2 aromatic rings. The quantitative estimate of drug-likeness (QED) is 0.611. The Bertz CT molecular complexity index is 777. The largest absolute Gasteiger partial charge is 0.321 e. The van der Waals surface area contributed by atoms with Crippen LogP contribution >= 0.6 is 34.8 Å². The third-order valence-electron chi connectivity index (χ3n) is 2.73. The Morgan fingerprint density at radius 2 is 1.68 bits per heavy atom. The van der Waals surface area contributed by atoms with Crippen LogP contribution in [0.5, 0.6) is 0 Å². The van der Waals surface area contributed by atoms with Gasteiger partial charge in [-0.3, -0.25) is 4.79 Å². The lowest BCUT2D eigenvalue weighted by molar-refractivity contribution is -0.112. The Morgan fingerprint density at radius 3 is 2.27 bits per heavy atom. The van der Waals surface area contributed by atoms with Crippen LogP contribution in [0.15, 0.2) is 48.0 Å². The van der Waals surface area contributed by atoms with Gasteiger partial charge in [-0.05, 0) is 48.0 Å². The molecule has 2 aromatic carbocycles. The van der Waals surface area contributed by atoms with Crippen LogP contribution in [0.3, 0.4) is 0 Å². The first kappa shape index (κ1) is 16.4. The first-order chi connectivity index (χ1) is 10.5. The number of hydrogen-bond donors (Lipinski definition) is 1. The fraction of sp³-hybridized carbons (Fsp3) is 0. The van der Waals surface area contributed by atoms with E-state index in [1.54, 1.807) is 42.5 Å². The summed E-state index contributed by atoms with van der Waals surface area (Å²) in [6.45, 7) is 0. The molecule has 0 saturated heterocycles. The highest BCUT2D eigenvalue weighted by molar-refractivity contribution is 6.35. The van der Waals surface area contributed by atoms with Crippen LogP contribution < -0.4 is 5.32 Å². The third-order valence-corrected chi connectivity index (χ3v) is 3.54. The van der Waals surface area contributed by atoms with E-state index in [1.807, 2.05) is 6.07 Å². The van der Waals surface area contributed by atoms with E-state index in [0.29, 0.717) is 26.3 Å². The van der Waals surface area contributed by atoms with Gasteiger partial charge in [0.25, 0.3) is 5.91 Å². The van der Waals surface area contributed by atoms with Gasteiger partial charge >= 0.3 is 0 Å². The molecule has 0 aliphatic carbocycles. The van der Waals surface area contributed by atoms with E-state index >= 15 is 0 Å². The number of halogens is 3. The van der Waals surface area contributed by atoms with Gasteiger partial charge in [-0.1, -0.05) is 40.9 Å². The number of carbonyl (C=O) groups is 1. The molecule has 0 spiro atoms. The molecule has 0 radical (unpaired) electrons. The molecule has 0 aliphatic heterocycles. The number of nitrogens with one attached hydrogen (secondary N) is 1. The minimum Gasteiger partial charge on any atom is -0.321 e. The zero-order chi connectivity index (χ0) is 16.1. The second kappa shape index (κ2) is 7.33. The molecule has 0 bridgehead atoms. The normalized spacial score (nSPS) is 10.9. The third kappa shape index (κ3) is 4.25. The van der Waals surface area contributed by atoms with Crippen LogP contribution in [0, 0.1) is 11.3 Å². The van der Waals surface area contributed by atoms with Gasteiger partial charge in [0.05, 0.1) is 0 Å². The molecule has 22 heavy (non-hydrogen) atoms. The topological polar surface area (TPSA) is 52.9 Å². The first-order valence-electron chi connectivity index (χ1n) is 6.13. The molecule has 0 saturated carbocycles. The van der Waals surface area contributed by atoms with Gasteiger partial charge in [-0.25, -0.2) is 0 Å². The summed E-state index contributed by atoms with van der Waals surface area (Å²) in [5, 5.41) is 13.2. The van der Waals surface area contributed by atoms with Crippen LogP contribution in [-0.4, -0.2) is 5.91 Å². The summed E-state index contributed by atoms with van der Waals surface area (Å²) in [5.74, 6) is -0.532. The summed E-state index contributed by atoms with van der Waals surface area (Å²) in [5.41, 5.74) is 1.01. The fourth-order valence-electron chi connectivity index (χ4n) is 1.65. The highest BCUT2D eigenvalue weighted by Gasteiger charge is 2.10. The average molecular weight is 352 g/mol. The SMILES string of the molecule is N#CC(=Cc1ccc(Cl)cc1Cl)C(=O)Nc1ccc(Cl)cc1. The standard InChI is InChI=1S/C16H9Cl3N2O/c17-12-3-5-14(6-4-12)21-16(22)11(9-20)7-10-1-2-13(18)8-15(10)19/h1-8H,(H,21,22). The highest BCUT2D eigenvalue weighted by atomic mass is 35.5. The van der Waals surface area contributed by atoms with Gasteiger partial charge in [0.1, 0.15) is 11.6 Å². The Kier molecular flexibility index (Phi) is 5.46. The van der Waals surface area contributed by atoms with Crippen LogP contribution in [0.4, 0.5) is 5.69 Å². The lowest BCUT2D eigenvalue weighted by Gasteiger charge is -2.05. The Balaban J connectivity index is 2.23. The smallest absolute Gasteiger partial charge is 0.266 e. The molecule has 0 heterocycles. The number of anilines is 1. The zero-order valence-corrected chi connectivity index (χ0v) is 13.4. The van der Waals surface area contributed by atoms with Crippen molar-refractivity contribution in [3.8, 4) is 6.07 Å². The number of hydrogen-bond acceptors (Lipinski definition) is 2. The molecule has 3 nitrogen and oxygen atoms in total. The summed E-state index contributed by atoms with van der Waals surface area (Å²) in [4.78, 5) is 12.1. The van der Waals surface area contributed by atoms with Crippen molar-refractivity contribution >= 4 is 52.5 Å². The second-order valence-corrected chi connectivity index (χ2v) is 5.58. The van der Waals surface area contributed by atoms with E-state index < -0.39 is 5.91 Å². The van der Waals surface area contributed by atoms with E-state index in [0.717, 1.165) is 0 Å². The van der Waals surface area contributed by atoms with Crippen LogP contribution in [0.2, 0.25) is 15.1 Å². The van der Waals surface area contributed by atoms with E-state index in [9.17, 15) is 4.79 Å². The van der Waals surface area contributed by atoms with Crippen LogP contribution in [-0.2, 0) is 4.79 Å². The number of carbonyl (C=O) groups excluding carboxylic acids is 1. The van der Waals surface area contributed by atoms with Crippen molar-refractivity contribution in [3.63, 3.8) is 0 Å². The summed E-state index contributed by atoms with van der Waals surface area (Å²) in [6, 6.07) is 13.2. The van der Waals surface area contributed by atoms with Crippen LogP contribution in [0.25, 0.3) is 6.08 Å². The van der Waals surface area contributed by atoms with Gasteiger partial charge < -0.3 is 5.32 Å². The Labute approximate surface area is 142 Å². The van der Waals surface area contributed by atoms with Gasteiger partial charge in [-0.15, -0.1) is 0 Å². The van der Waals surface area contributed by atoms with Gasteiger partial charge in [0, 0.05) is 20.8 Å². The van der Waals surface area contributed by atoms with Crippen molar-refractivity contribution in [2.24, 2.45) is 0 Å². The molecule has 0 atom stereocenters. The number of nitriles is 1. The number of benzene rings is 2. The van der Waals surface area contributed by atoms with Gasteiger partial charge in [0.15, 0.2) is 0 Å². The zero-order valence-electron chi connectivity index (χ0n) is 11.1. The average Bonchev–Trinajstić information content (AvgIpc) is 2.49. The maximum absolute atomic E-state index is 12.1. The van der Waals surface area contributed by atoms with Gasteiger partial charge in [0.2, 0.25) is 0 Å². The van der Waals surface area contributed by atoms with Gasteiger partial charge in [-0.2, -0.15) is 5.26 Å². The first-order valence-corrected chi connectivity index (χ1v) is 7.27. The monoisotopic (exact) mass is 350 g/mol.